The van der Waals surface area contributed by atoms with Crippen molar-refractivity contribution < 1.29 is 13.9 Å². The maximum absolute atomic E-state index is 10.9. The molecular weight excluding hydrogens is 246 g/mol. The Bertz CT molecular complexity index is 549. The Balaban J connectivity index is 1.95. The number of alkyl carbamates (subject to hydrolysis) is 1. The van der Waals surface area contributed by atoms with Crippen LogP contribution in [0.5, 0.6) is 0 Å². The molecule has 1 amide bonds. The van der Waals surface area contributed by atoms with Gasteiger partial charge in [-0.25, -0.2) is 4.79 Å². The van der Waals surface area contributed by atoms with E-state index in [0.29, 0.717) is 24.7 Å². The highest BCUT2D eigenvalue weighted by atomic mass is 16.5. The number of hydrogen-bond donors (Lipinski definition) is 1. The average molecular weight is 261 g/mol. The molecule has 19 heavy (non-hydrogen) atoms. The molecular formula is C13H15N3O3. The molecule has 0 aliphatic heterocycles. The van der Waals surface area contributed by atoms with Crippen LogP contribution in [0.3, 0.4) is 0 Å². The van der Waals surface area contributed by atoms with E-state index < -0.39 is 6.09 Å². The van der Waals surface area contributed by atoms with Crippen LogP contribution in [0.15, 0.2) is 28.7 Å². The number of ether oxygens (including phenoxy) is 1. The Morgan fingerprint density at radius 3 is 2.74 bits per heavy atom. The van der Waals surface area contributed by atoms with Crippen molar-refractivity contribution in [2.45, 2.75) is 13.3 Å². The van der Waals surface area contributed by atoms with Gasteiger partial charge in [-0.1, -0.05) is 17.7 Å². The molecule has 6 nitrogen and oxygen atoms in total. The number of aryl methyl sites for hydroxylation is 1. The molecule has 1 heterocycles. The Kier molecular flexibility index (Phi) is 4.12. The first-order valence-electron chi connectivity index (χ1n) is 5.90. The van der Waals surface area contributed by atoms with E-state index >= 15 is 0 Å². The van der Waals surface area contributed by atoms with Gasteiger partial charge in [0.05, 0.1) is 7.11 Å². The van der Waals surface area contributed by atoms with Crippen molar-refractivity contribution >= 4 is 6.09 Å². The van der Waals surface area contributed by atoms with E-state index in [4.69, 9.17) is 4.42 Å². The Hall–Kier alpha value is -2.37. The van der Waals surface area contributed by atoms with Gasteiger partial charge in [-0.2, -0.15) is 0 Å². The lowest BCUT2D eigenvalue weighted by molar-refractivity contribution is 0.171. The van der Waals surface area contributed by atoms with Gasteiger partial charge >= 0.3 is 6.09 Å². The molecule has 0 radical (unpaired) electrons. The molecule has 1 aromatic heterocycles. The molecule has 0 saturated carbocycles. The average Bonchev–Trinajstić information content (AvgIpc) is 2.88. The van der Waals surface area contributed by atoms with Crippen LogP contribution < -0.4 is 5.32 Å². The number of benzene rings is 1. The highest BCUT2D eigenvalue weighted by Gasteiger charge is 2.08. The summed E-state index contributed by atoms with van der Waals surface area (Å²) in [4.78, 5) is 10.9. The van der Waals surface area contributed by atoms with Crippen molar-refractivity contribution in [2.24, 2.45) is 0 Å². The van der Waals surface area contributed by atoms with Crippen molar-refractivity contribution in [3.8, 4) is 11.5 Å². The summed E-state index contributed by atoms with van der Waals surface area (Å²) in [6, 6.07) is 7.83. The molecule has 1 aromatic carbocycles. The highest BCUT2D eigenvalue weighted by molar-refractivity contribution is 5.66. The van der Waals surface area contributed by atoms with Crippen molar-refractivity contribution in [1.82, 2.24) is 15.5 Å². The van der Waals surface area contributed by atoms with Crippen LogP contribution in [0.2, 0.25) is 0 Å². The van der Waals surface area contributed by atoms with Crippen LogP contribution in [0.4, 0.5) is 4.79 Å². The molecule has 0 unspecified atom stereocenters. The molecule has 1 N–H and O–H groups in total. The van der Waals surface area contributed by atoms with E-state index in [1.165, 1.54) is 12.7 Å². The first kappa shape index (κ1) is 13.1. The fourth-order valence-electron chi connectivity index (χ4n) is 1.51. The Morgan fingerprint density at radius 1 is 1.32 bits per heavy atom. The fourth-order valence-corrected chi connectivity index (χ4v) is 1.51. The monoisotopic (exact) mass is 261 g/mol. The minimum atomic E-state index is -0.474. The highest BCUT2D eigenvalue weighted by Crippen LogP contribution is 2.18. The quantitative estimate of drug-likeness (QED) is 0.910. The number of hydrogen-bond acceptors (Lipinski definition) is 5. The van der Waals surface area contributed by atoms with Crippen LogP contribution in [-0.2, 0) is 11.2 Å². The molecule has 2 aromatic rings. The number of methoxy groups -OCH3 is 1. The summed E-state index contributed by atoms with van der Waals surface area (Å²) >= 11 is 0. The second-order valence-electron chi connectivity index (χ2n) is 4.04. The van der Waals surface area contributed by atoms with Crippen molar-refractivity contribution in [1.29, 1.82) is 0 Å². The molecule has 0 bridgehead atoms. The molecule has 100 valence electrons. The van der Waals surface area contributed by atoms with E-state index in [1.54, 1.807) is 0 Å². The number of nitrogens with one attached hydrogen (secondary N) is 1. The van der Waals surface area contributed by atoms with Gasteiger partial charge in [0.2, 0.25) is 11.8 Å². The summed E-state index contributed by atoms with van der Waals surface area (Å²) < 4.78 is 9.97. The summed E-state index contributed by atoms with van der Waals surface area (Å²) in [5.41, 5.74) is 2.05. The minimum Gasteiger partial charge on any atom is -0.453 e. The fraction of sp³-hybridized carbons (Fsp3) is 0.308. The lowest BCUT2D eigenvalue weighted by Crippen LogP contribution is -2.25. The Morgan fingerprint density at radius 2 is 2.05 bits per heavy atom. The molecule has 2 rings (SSSR count). The number of carbonyl (C=O) groups excluding carboxylic acids is 1. The van der Waals surface area contributed by atoms with Crippen molar-refractivity contribution in [3.05, 3.63) is 35.7 Å². The number of nitrogens with zero attached hydrogens (tertiary/aromatic N) is 2. The third-order valence-corrected chi connectivity index (χ3v) is 2.56. The first-order chi connectivity index (χ1) is 9.19. The lowest BCUT2D eigenvalue weighted by Gasteiger charge is -2.00. The van der Waals surface area contributed by atoms with Crippen LogP contribution in [0.25, 0.3) is 11.5 Å². The standard InChI is InChI=1S/C13H15N3O3/c1-9-3-5-10(6-4-9)12-16-15-11(19-12)7-8-14-13(17)18-2/h3-6H,7-8H2,1-2H3,(H,14,17). The van der Waals surface area contributed by atoms with E-state index in [2.05, 4.69) is 20.3 Å². The van der Waals surface area contributed by atoms with Gasteiger partial charge in [0.1, 0.15) is 0 Å². The molecule has 0 spiro atoms. The van der Waals surface area contributed by atoms with Gasteiger partial charge in [-0.15, -0.1) is 10.2 Å². The zero-order valence-electron chi connectivity index (χ0n) is 10.8. The number of amides is 1. The van der Waals surface area contributed by atoms with Gasteiger partial charge in [0.25, 0.3) is 0 Å². The van der Waals surface area contributed by atoms with Crippen LogP contribution >= 0.6 is 0 Å². The van der Waals surface area contributed by atoms with E-state index in [1.807, 2.05) is 31.2 Å². The largest absolute Gasteiger partial charge is 0.453 e. The number of carbonyl (C=O) groups is 1. The third-order valence-electron chi connectivity index (χ3n) is 2.56. The summed E-state index contributed by atoms with van der Waals surface area (Å²) in [5.74, 6) is 0.958. The van der Waals surface area contributed by atoms with Gasteiger partial charge in [-0.3, -0.25) is 0 Å². The molecule has 0 aliphatic carbocycles. The molecule has 0 saturated heterocycles. The van der Waals surface area contributed by atoms with Crippen molar-refractivity contribution in [3.63, 3.8) is 0 Å². The Labute approximate surface area is 110 Å². The van der Waals surface area contributed by atoms with Crippen LogP contribution in [-0.4, -0.2) is 29.9 Å². The number of rotatable bonds is 4. The van der Waals surface area contributed by atoms with Gasteiger partial charge in [-0.05, 0) is 19.1 Å². The zero-order valence-corrected chi connectivity index (χ0v) is 10.8. The van der Waals surface area contributed by atoms with E-state index in [0.717, 1.165) is 5.56 Å². The predicted molar refractivity (Wildman–Crippen MR) is 68.6 cm³/mol. The minimum absolute atomic E-state index is 0.391. The zero-order chi connectivity index (χ0) is 13.7. The summed E-state index contributed by atoms with van der Waals surface area (Å²) in [7, 11) is 1.32. The maximum Gasteiger partial charge on any atom is 0.406 e. The van der Waals surface area contributed by atoms with Crippen molar-refractivity contribution in [2.75, 3.05) is 13.7 Å². The molecule has 6 heteroatoms. The maximum atomic E-state index is 10.9. The van der Waals surface area contributed by atoms with Crippen LogP contribution in [0.1, 0.15) is 11.5 Å². The van der Waals surface area contributed by atoms with E-state index in [9.17, 15) is 4.79 Å². The topological polar surface area (TPSA) is 77.2 Å². The predicted octanol–water partition coefficient (Wildman–Crippen LogP) is 1.94. The summed E-state index contributed by atoms with van der Waals surface area (Å²) in [6.45, 7) is 2.41. The third kappa shape index (κ3) is 3.54. The number of aromatic nitrogens is 2. The van der Waals surface area contributed by atoms with Crippen LogP contribution in [0, 0.1) is 6.92 Å². The van der Waals surface area contributed by atoms with Gasteiger partial charge in [0, 0.05) is 18.5 Å². The SMILES string of the molecule is COC(=O)NCCc1nnc(-c2ccc(C)cc2)o1. The second kappa shape index (κ2) is 5.99. The molecule has 0 atom stereocenters. The molecule has 0 aliphatic rings. The summed E-state index contributed by atoms with van der Waals surface area (Å²) in [6.07, 6.45) is -0.00759. The second-order valence-corrected chi connectivity index (χ2v) is 4.04. The molecule has 0 fully saturated rings. The smallest absolute Gasteiger partial charge is 0.406 e. The first-order valence-corrected chi connectivity index (χ1v) is 5.90. The summed E-state index contributed by atoms with van der Waals surface area (Å²) in [5, 5.41) is 10.5. The van der Waals surface area contributed by atoms with E-state index in [-0.39, 0.29) is 0 Å². The lowest BCUT2D eigenvalue weighted by atomic mass is 10.1. The van der Waals surface area contributed by atoms with Gasteiger partial charge < -0.3 is 14.5 Å². The normalized spacial score (nSPS) is 10.2. The van der Waals surface area contributed by atoms with Gasteiger partial charge in [0.15, 0.2) is 0 Å².